The summed E-state index contributed by atoms with van der Waals surface area (Å²) in [7, 11) is 4.23. The van der Waals surface area contributed by atoms with E-state index in [-0.39, 0.29) is 6.17 Å². The first kappa shape index (κ1) is 9.92. The Kier molecular flexibility index (Phi) is 3.46. The van der Waals surface area contributed by atoms with Crippen molar-refractivity contribution in [3.63, 3.8) is 0 Å². The fourth-order valence-electron chi connectivity index (χ4n) is 1.63. The van der Waals surface area contributed by atoms with Crippen LogP contribution in [0.25, 0.3) is 0 Å². The summed E-state index contributed by atoms with van der Waals surface area (Å²) in [6, 6.07) is 0. The lowest BCUT2D eigenvalue weighted by atomic mass is 10.3. The van der Waals surface area contributed by atoms with Gasteiger partial charge in [0.1, 0.15) is 0 Å². The van der Waals surface area contributed by atoms with Crippen LogP contribution >= 0.6 is 0 Å². The number of hydrogen-bond donors (Lipinski definition) is 1. The molecule has 0 aromatic heterocycles. The highest BCUT2D eigenvalue weighted by molar-refractivity contribution is 4.68. The minimum atomic E-state index is 0.204. The molecule has 1 unspecified atom stereocenters. The van der Waals surface area contributed by atoms with Gasteiger partial charge in [0.05, 0.1) is 26.2 Å². The van der Waals surface area contributed by atoms with E-state index in [0.717, 1.165) is 26.4 Å². The van der Waals surface area contributed by atoms with E-state index in [1.54, 1.807) is 0 Å². The molecule has 0 saturated carbocycles. The first-order chi connectivity index (χ1) is 5.63. The SMILES string of the molecule is CCC(N)N1CN(C)CN(C)C1. The second-order valence-electron chi connectivity index (χ2n) is 3.70. The zero-order valence-corrected chi connectivity index (χ0v) is 8.32. The van der Waals surface area contributed by atoms with Crippen LogP contribution in [0.15, 0.2) is 0 Å². The predicted molar refractivity (Wildman–Crippen MR) is 50.2 cm³/mol. The van der Waals surface area contributed by atoms with Gasteiger partial charge in [-0.2, -0.15) is 0 Å². The van der Waals surface area contributed by atoms with E-state index in [1.165, 1.54) is 0 Å². The van der Waals surface area contributed by atoms with Gasteiger partial charge in [-0.1, -0.05) is 6.92 Å². The molecular formula is C8H20N4. The Labute approximate surface area is 74.9 Å². The Morgan fingerprint density at radius 3 is 2.08 bits per heavy atom. The first-order valence-corrected chi connectivity index (χ1v) is 4.50. The standard InChI is InChI=1S/C8H20N4/c1-4-8(9)12-6-10(2)5-11(3)7-12/h8H,4-7,9H2,1-3H3. The van der Waals surface area contributed by atoms with E-state index in [2.05, 4.69) is 35.7 Å². The summed E-state index contributed by atoms with van der Waals surface area (Å²) in [5.74, 6) is 0. The first-order valence-electron chi connectivity index (χ1n) is 4.50. The summed E-state index contributed by atoms with van der Waals surface area (Å²) in [6.07, 6.45) is 1.22. The third-order valence-corrected chi connectivity index (χ3v) is 2.22. The quantitative estimate of drug-likeness (QED) is 0.622. The molecule has 72 valence electrons. The van der Waals surface area contributed by atoms with Crippen LogP contribution in [-0.2, 0) is 0 Å². The molecule has 1 aliphatic rings. The van der Waals surface area contributed by atoms with Gasteiger partial charge in [-0.05, 0) is 20.5 Å². The topological polar surface area (TPSA) is 35.7 Å². The van der Waals surface area contributed by atoms with Crippen LogP contribution in [0.4, 0.5) is 0 Å². The second-order valence-corrected chi connectivity index (χ2v) is 3.70. The summed E-state index contributed by atoms with van der Waals surface area (Å²) in [4.78, 5) is 6.81. The highest BCUT2D eigenvalue weighted by atomic mass is 15.5. The minimum Gasteiger partial charge on any atom is -0.316 e. The lowest BCUT2D eigenvalue weighted by molar-refractivity contribution is -0.0255. The molecule has 1 saturated heterocycles. The second kappa shape index (κ2) is 4.18. The lowest BCUT2D eigenvalue weighted by Gasteiger charge is -2.41. The summed E-state index contributed by atoms with van der Waals surface area (Å²) in [5, 5.41) is 0. The Morgan fingerprint density at radius 1 is 1.17 bits per heavy atom. The fraction of sp³-hybridized carbons (Fsp3) is 1.00. The molecule has 1 rings (SSSR count). The van der Waals surface area contributed by atoms with E-state index in [4.69, 9.17) is 5.73 Å². The maximum Gasteiger partial charge on any atom is 0.0592 e. The highest BCUT2D eigenvalue weighted by Crippen LogP contribution is 2.06. The molecule has 12 heavy (non-hydrogen) atoms. The smallest absolute Gasteiger partial charge is 0.0592 e. The van der Waals surface area contributed by atoms with Crippen LogP contribution in [0.1, 0.15) is 13.3 Å². The van der Waals surface area contributed by atoms with Crippen molar-refractivity contribution in [2.45, 2.75) is 19.5 Å². The van der Waals surface area contributed by atoms with Crippen LogP contribution in [-0.4, -0.2) is 55.0 Å². The molecule has 1 heterocycles. The van der Waals surface area contributed by atoms with Crippen molar-refractivity contribution < 1.29 is 0 Å². The molecule has 0 radical (unpaired) electrons. The summed E-state index contributed by atoms with van der Waals surface area (Å²) in [5.41, 5.74) is 5.94. The monoisotopic (exact) mass is 172 g/mol. The highest BCUT2D eigenvalue weighted by Gasteiger charge is 2.21. The normalized spacial score (nSPS) is 26.0. The van der Waals surface area contributed by atoms with Gasteiger partial charge in [0.15, 0.2) is 0 Å². The maximum atomic E-state index is 5.94. The predicted octanol–water partition coefficient (Wildman–Crippen LogP) is -0.267. The molecule has 2 N–H and O–H groups in total. The van der Waals surface area contributed by atoms with Crippen LogP contribution in [0.5, 0.6) is 0 Å². The molecule has 4 heteroatoms. The molecule has 0 spiro atoms. The molecule has 0 bridgehead atoms. The number of nitrogens with zero attached hydrogens (tertiary/aromatic N) is 3. The van der Waals surface area contributed by atoms with Crippen molar-refractivity contribution in [2.75, 3.05) is 34.1 Å². The lowest BCUT2D eigenvalue weighted by Crippen LogP contribution is -2.57. The summed E-state index contributed by atoms with van der Waals surface area (Å²) in [6.45, 7) is 5.13. The molecule has 0 aromatic rings. The van der Waals surface area contributed by atoms with Crippen molar-refractivity contribution >= 4 is 0 Å². The third kappa shape index (κ3) is 2.42. The van der Waals surface area contributed by atoms with Gasteiger partial charge in [0.2, 0.25) is 0 Å². The summed E-state index contributed by atoms with van der Waals surface area (Å²) >= 11 is 0. The van der Waals surface area contributed by atoms with Crippen molar-refractivity contribution in [3.05, 3.63) is 0 Å². The Bertz CT molecular complexity index is 129. The van der Waals surface area contributed by atoms with Crippen LogP contribution in [0.3, 0.4) is 0 Å². The van der Waals surface area contributed by atoms with Crippen molar-refractivity contribution in [3.8, 4) is 0 Å². The van der Waals surface area contributed by atoms with E-state index in [9.17, 15) is 0 Å². The van der Waals surface area contributed by atoms with Crippen molar-refractivity contribution in [1.29, 1.82) is 0 Å². The van der Waals surface area contributed by atoms with E-state index in [0.29, 0.717) is 0 Å². The third-order valence-electron chi connectivity index (χ3n) is 2.22. The Hall–Kier alpha value is -0.160. The molecule has 1 fully saturated rings. The maximum absolute atomic E-state index is 5.94. The van der Waals surface area contributed by atoms with Gasteiger partial charge in [-0.25, -0.2) is 0 Å². The zero-order valence-electron chi connectivity index (χ0n) is 8.32. The zero-order chi connectivity index (χ0) is 9.14. The molecule has 0 aliphatic carbocycles. The minimum absolute atomic E-state index is 0.204. The molecular weight excluding hydrogens is 152 g/mol. The van der Waals surface area contributed by atoms with Gasteiger partial charge in [0, 0.05) is 0 Å². The van der Waals surface area contributed by atoms with E-state index >= 15 is 0 Å². The average molecular weight is 172 g/mol. The van der Waals surface area contributed by atoms with Gasteiger partial charge >= 0.3 is 0 Å². The van der Waals surface area contributed by atoms with E-state index < -0.39 is 0 Å². The number of rotatable bonds is 2. The average Bonchev–Trinajstić information content (AvgIpc) is 2.01. The molecule has 0 amide bonds. The van der Waals surface area contributed by atoms with Gasteiger partial charge in [-0.15, -0.1) is 0 Å². The molecule has 4 nitrogen and oxygen atoms in total. The molecule has 0 aromatic carbocycles. The van der Waals surface area contributed by atoms with Crippen molar-refractivity contribution in [2.24, 2.45) is 5.73 Å². The van der Waals surface area contributed by atoms with Crippen LogP contribution in [0.2, 0.25) is 0 Å². The number of nitrogens with two attached hydrogens (primary N) is 1. The van der Waals surface area contributed by atoms with Crippen molar-refractivity contribution in [1.82, 2.24) is 14.7 Å². The van der Waals surface area contributed by atoms with Gasteiger partial charge in [0.25, 0.3) is 0 Å². The molecule has 1 atom stereocenters. The largest absolute Gasteiger partial charge is 0.316 e. The van der Waals surface area contributed by atoms with Gasteiger partial charge < -0.3 is 5.73 Å². The van der Waals surface area contributed by atoms with Gasteiger partial charge in [-0.3, -0.25) is 14.7 Å². The fourth-order valence-corrected chi connectivity index (χ4v) is 1.63. The van der Waals surface area contributed by atoms with Crippen LogP contribution < -0.4 is 5.73 Å². The Balaban J connectivity index is 2.43. The Morgan fingerprint density at radius 2 is 1.67 bits per heavy atom. The van der Waals surface area contributed by atoms with E-state index in [1.807, 2.05) is 0 Å². The van der Waals surface area contributed by atoms with Crippen LogP contribution in [0, 0.1) is 0 Å². The summed E-state index contributed by atoms with van der Waals surface area (Å²) < 4.78 is 0. The molecule has 1 aliphatic heterocycles. The number of hydrogen-bond acceptors (Lipinski definition) is 4.